The molecule has 0 aliphatic carbocycles. The second kappa shape index (κ2) is 7.06. The Morgan fingerprint density at radius 2 is 1.90 bits per heavy atom. The maximum atomic E-state index is 12.3. The van der Waals surface area contributed by atoms with Gasteiger partial charge in [0, 0.05) is 6.54 Å². The molecule has 20 heavy (non-hydrogen) atoms. The number of sulfonamides is 1. The third kappa shape index (κ3) is 4.19. The summed E-state index contributed by atoms with van der Waals surface area (Å²) in [4.78, 5) is 0.210. The molecule has 0 amide bonds. The van der Waals surface area contributed by atoms with E-state index in [1.54, 1.807) is 24.3 Å². The van der Waals surface area contributed by atoms with Gasteiger partial charge in [-0.15, -0.1) is 0 Å². The Balaban J connectivity index is 3.11. The van der Waals surface area contributed by atoms with Crippen molar-refractivity contribution in [3.8, 4) is 0 Å². The zero-order chi connectivity index (χ0) is 15.2. The van der Waals surface area contributed by atoms with Crippen molar-refractivity contribution in [1.29, 1.82) is 0 Å². The molecule has 0 fully saturated rings. The average Bonchev–Trinajstić information content (AvgIpc) is 2.45. The molecule has 0 aromatic heterocycles. The molecule has 1 rings (SSSR count). The minimum atomic E-state index is -3.54. The lowest BCUT2D eigenvalue weighted by atomic mass is 10.00. The molecule has 5 nitrogen and oxygen atoms in total. The Morgan fingerprint density at radius 3 is 2.45 bits per heavy atom. The van der Waals surface area contributed by atoms with Crippen molar-refractivity contribution < 1.29 is 13.5 Å². The Labute approximate surface area is 121 Å². The fourth-order valence-electron chi connectivity index (χ4n) is 1.68. The molecule has 0 saturated carbocycles. The predicted octanol–water partition coefficient (Wildman–Crippen LogP) is 1.95. The Bertz CT molecular complexity index is 525. The summed E-state index contributed by atoms with van der Waals surface area (Å²) >= 11 is 0. The third-order valence-electron chi connectivity index (χ3n) is 3.28. The quantitative estimate of drug-likeness (QED) is 0.685. The van der Waals surface area contributed by atoms with Gasteiger partial charge < -0.3 is 10.4 Å². The van der Waals surface area contributed by atoms with E-state index in [-0.39, 0.29) is 11.5 Å². The molecule has 0 heterocycles. The SMILES string of the molecule is CCCNS(=O)(=O)c1ccccc1NC(C)(CC)CO. The highest BCUT2D eigenvalue weighted by Crippen LogP contribution is 2.25. The van der Waals surface area contributed by atoms with Crippen molar-refractivity contribution in [3.63, 3.8) is 0 Å². The van der Waals surface area contributed by atoms with Gasteiger partial charge in [0.15, 0.2) is 0 Å². The molecular weight excluding hydrogens is 276 g/mol. The van der Waals surface area contributed by atoms with Crippen LogP contribution in [0, 0.1) is 0 Å². The van der Waals surface area contributed by atoms with Crippen LogP contribution in [0.3, 0.4) is 0 Å². The van der Waals surface area contributed by atoms with Gasteiger partial charge in [-0.1, -0.05) is 26.0 Å². The van der Waals surface area contributed by atoms with Crippen molar-refractivity contribution in [2.45, 2.75) is 44.0 Å². The number of anilines is 1. The number of aliphatic hydroxyl groups is 1. The zero-order valence-corrected chi connectivity index (χ0v) is 13.1. The summed E-state index contributed by atoms with van der Waals surface area (Å²) in [6, 6.07) is 6.74. The van der Waals surface area contributed by atoms with Gasteiger partial charge in [0.05, 0.1) is 17.8 Å². The molecule has 1 unspecified atom stereocenters. The first-order valence-corrected chi connectivity index (χ1v) is 8.34. The molecule has 6 heteroatoms. The highest BCUT2D eigenvalue weighted by Gasteiger charge is 2.24. The second-order valence-corrected chi connectivity index (χ2v) is 6.83. The van der Waals surface area contributed by atoms with Gasteiger partial charge in [-0.05, 0) is 31.9 Å². The number of para-hydroxylation sites is 1. The van der Waals surface area contributed by atoms with Gasteiger partial charge in [-0.25, -0.2) is 13.1 Å². The number of hydrogen-bond acceptors (Lipinski definition) is 4. The van der Waals surface area contributed by atoms with E-state index in [0.29, 0.717) is 18.7 Å². The van der Waals surface area contributed by atoms with Gasteiger partial charge in [0.1, 0.15) is 4.90 Å². The van der Waals surface area contributed by atoms with Crippen LogP contribution in [-0.2, 0) is 10.0 Å². The summed E-state index contributed by atoms with van der Waals surface area (Å²) in [5.74, 6) is 0. The molecule has 0 radical (unpaired) electrons. The summed E-state index contributed by atoms with van der Waals surface area (Å²) in [7, 11) is -3.54. The van der Waals surface area contributed by atoms with Gasteiger partial charge in [0.2, 0.25) is 10.0 Å². The van der Waals surface area contributed by atoms with Crippen LogP contribution in [0.4, 0.5) is 5.69 Å². The highest BCUT2D eigenvalue weighted by atomic mass is 32.2. The summed E-state index contributed by atoms with van der Waals surface area (Å²) < 4.78 is 27.1. The van der Waals surface area contributed by atoms with Crippen molar-refractivity contribution in [2.75, 3.05) is 18.5 Å². The Morgan fingerprint density at radius 1 is 1.25 bits per heavy atom. The smallest absolute Gasteiger partial charge is 0.242 e. The van der Waals surface area contributed by atoms with Crippen LogP contribution >= 0.6 is 0 Å². The number of rotatable bonds is 8. The minimum absolute atomic E-state index is 0.0692. The second-order valence-electron chi connectivity index (χ2n) is 5.09. The van der Waals surface area contributed by atoms with Crippen LogP contribution in [0.5, 0.6) is 0 Å². The van der Waals surface area contributed by atoms with Gasteiger partial charge >= 0.3 is 0 Å². The fourth-order valence-corrected chi connectivity index (χ4v) is 2.98. The van der Waals surface area contributed by atoms with Crippen LogP contribution in [0.1, 0.15) is 33.6 Å². The predicted molar refractivity (Wildman–Crippen MR) is 81.3 cm³/mol. The van der Waals surface area contributed by atoms with E-state index in [4.69, 9.17) is 0 Å². The Kier molecular flexibility index (Phi) is 5.98. The van der Waals surface area contributed by atoms with E-state index >= 15 is 0 Å². The van der Waals surface area contributed by atoms with Crippen LogP contribution in [0.15, 0.2) is 29.2 Å². The lowest BCUT2D eigenvalue weighted by Crippen LogP contribution is -2.38. The summed E-state index contributed by atoms with van der Waals surface area (Å²) in [5.41, 5.74) is -0.0365. The largest absolute Gasteiger partial charge is 0.394 e. The summed E-state index contributed by atoms with van der Waals surface area (Å²) in [5, 5.41) is 12.6. The first-order valence-electron chi connectivity index (χ1n) is 6.86. The summed E-state index contributed by atoms with van der Waals surface area (Å²) in [6.07, 6.45) is 1.42. The van der Waals surface area contributed by atoms with E-state index in [1.807, 2.05) is 20.8 Å². The van der Waals surface area contributed by atoms with Crippen LogP contribution in [-0.4, -0.2) is 32.2 Å². The average molecular weight is 300 g/mol. The lowest BCUT2D eigenvalue weighted by molar-refractivity contribution is 0.218. The molecule has 3 N–H and O–H groups in total. The molecule has 0 spiro atoms. The normalized spacial score (nSPS) is 14.8. The van der Waals surface area contributed by atoms with Crippen molar-refractivity contribution in [3.05, 3.63) is 24.3 Å². The molecule has 1 aromatic rings. The summed E-state index contributed by atoms with van der Waals surface area (Å²) in [6.45, 7) is 6.04. The molecular formula is C14H24N2O3S. The minimum Gasteiger partial charge on any atom is -0.394 e. The molecule has 0 bridgehead atoms. The number of aliphatic hydroxyl groups excluding tert-OH is 1. The topological polar surface area (TPSA) is 78.4 Å². The first kappa shape index (κ1) is 16.9. The lowest BCUT2D eigenvalue weighted by Gasteiger charge is -2.29. The van der Waals surface area contributed by atoms with Gasteiger partial charge in [-0.3, -0.25) is 0 Å². The van der Waals surface area contributed by atoms with E-state index < -0.39 is 15.6 Å². The van der Waals surface area contributed by atoms with E-state index in [0.717, 1.165) is 6.42 Å². The van der Waals surface area contributed by atoms with Gasteiger partial charge in [-0.2, -0.15) is 0 Å². The van der Waals surface area contributed by atoms with Crippen LogP contribution in [0.2, 0.25) is 0 Å². The highest BCUT2D eigenvalue weighted by molar-refractivity contribution is 7.89. The van der Waals surface area contributed by atoms with E-state index in [9.17, 15) is 13.5 Å². The van der Waals surface area contributed by atoms with Gasteiger partial charge in [0.25, 0.3) is 0 Å². The number of benzene rings is 1. The molecule has 0 saturated heterocycles. The molecule has 1 aromatic carbocycles. The number of nitrogens with one attached hydrogen (secondary N) is 2. The van der Waals surface area contributed by atoms with Crippen molar-refractivity contribution in [2.24, 2.45) is 0 Å². The Hall–Kier alpha value is -1.11. The number of hydrogen-bond donors (Lipinski definition) is 3. The van der Waals surface area contributed by atoms with E-state index in [2.05, 4.69) is 10.0 Å². The van der Waals surface area contributed by atoms with Crippen LogP contribution in [0.25, 0.3) is 0 Å². The van der Waals surface area contributed by atoms with Crippen molar-refractivity contribution in [1.82, 2.24) is 4.72 Å². The molecule has 0 aliphatic heterocycles. The molecule has 114 valence electrons. The van der Waals surface area contributed by atoms with E-state index in [1.165, 1.54) is 0 Å². The maximum absolute atomic E-state index is 12.3. The van der Waals surface area contributed by atoms with Crippen molar-refractivity contribution >= 4 is 15.7 Å². The third-order valence-corrected chi connectivity index (χ3v) is 4.80. The zero-order valence-electron chi connectivity index (χ0n) is 12.3. The molecule has 0 aliphatic rings. The molecule has 1 atom stereocenters. The van der Waals surface area contributed by atoms with Crippen LogP contribution < -0.4 is 10.0 Å². The standard InChI is InChI=1S/C14H24N2O3S/c1-4-10-15-20(18,19)13-9-7-6-8-12(13)16-14(3,5-2)11-17/h6-9,15-17H,4-5,10-11H2,1-3H3. The fraction of sp³-hybridized carbons (Fsp3) is 0.571. The first-order chi connectivity index (χ1) is 9.38. The maximum Gasteiger partial charge on any atom is 0.242 e. The monoisotopic (exact) mass is 300 g/mol.